The largest absolute Gasteiger partial charge is 0.396 e. The van der Waals surface area contributed by atoms with Crippen LogP contribution in [0.1, 0.15) is 32.6 Å². The first-order valence-corrected chi connectivity index (χ1v) is 4.59. The van der Waals surface area contributed by atoms with Crippen LogP contribution in [0, 0.1) is 5.92 Å². The van der Waals surface area contributed by atoms with Crippen molar-refractivity contribution in [3.05, 3.63) is 0 Å². The van der Waals surface area contributed by atoms with Crippen molar-refractivity contribution in [3.63, 3.8) is 0 Å². The van der Waals surface area contributed by atoms with Crippen LogP contribution in [0.2, 0.25) is 0 Å². The van der Waals surface area contributed by atoms with Gasteiger partial charge in [-0.15, -0.1) is 0 Å². The van der Waals surface area contributed by atoms with Gasteiger partial charge in [-0.05, 0) is 18.8 Å². The molecule has 0 amide bonds. The standard InChI is InChI=1S/C9H18O2/c1-2-3-4-8(6-10)5-9-7-11-9/h8-10H,2-7H2,1H3. The van der Waals surface area contributed by atoms with Gasteiger partial charge in [-0.1, -0.05) is 19.8 Å². The minimum atomic E-state index is 0.333. The van der Waals surface area contributed by atoms with Crippen molar-refractivity contribution >= 4 is 0 Å². The third-order valence-electron chi connectivity index (χ3n) is 2.22. The second kappa shape index (κ2) is 4.73. The van der Waals surface area contributed by atoms with Crippen LogP contribution < -0.4 is 0 Å². The predicted molar refractivity (Wildman–Crippen MR) is 44.5 cm³/mol. The summed E-state index contributed by atoms with van der Waals surface area (Å²) in [5.41, 5.74) is 0. The molecular weight excluding hydrogens is 140 g/mol. The van der Waals surface area contributed by atoms with E-state index in [1.807, 2.05) is 0 Å². The zero-order chi connectivity index (χ0) is 8.10. The lowest BCUT2D eigenvalue weighted by Gasteiger charge is -2.10. The molecule has 0 saturated carbocycles. The molecule has 2 heteroatoms. The van der Waals surface area contributed by atoms with E-state index in [9.17, 15) is 0 Å². The van der Waals surface area contributed by atoms with Gasteiger partial charge in [0.1, 0.15) is 0 Å². The van der Waals surface area contributed by atoms with E-state index in [0.717, 1.165) is 19.4 Å². The summed E-state index contributed by atoms with van der Waals surface area (Å²) in [6.07, 6.45) is 5.16. The van der Waals surface area contributed by atoms with Crippen molar-refractivity contribution in [2.24, 2.45) is 5.92 Å². The molecule has 0 radical (unpaired) electrons. The summed E-state index contributed by atoms with van der Waals surface area (Å²) in [4.78, 5) is 0. The van der Waals surface area contributed by atoms with E-state index in [-0.39, 0.29) is 0 Å². The Morgan fingerprint density at radius 3 is 2.82 bits per heavy atom. The van der Waals surface area contributed by atoms with Gasteiger partial charge in [0, 0.05) is 6.61 Å². The van der Waals surface area contributed by atoms with Crippen molar-refractivity contribution in [1.29, 1.82) is 0 Å². The summed E-state index contributed by atoms with van der Waals surface area (Å²) in [6.45, 7) is 3.44. The molecule has 0 aliphatic carbocycles. The lowest BCUT2D eigenvalue weighted by Crippen LogP contribution is -2.08. The van der Waals surface area contributed by atoms with Gasteiger partial charge in [-0.25, -0.2) is 0 Å². The Morgan fingerprint density at radius 1 is 1.64 bits per heavy atom. The molecule has 1 N–H and O–H groups in total. The molecular formula is C9H18O2. The second-order valence-corrected chi connectivity index (χ2v) is 3.38. The lowest BCUT2D eigenvalue weighted by molar-refractivity contribution is 0.196. The van der Waals surface area contributed by atoms with Crippen LogP contribution in [0.4, 0.5) is 0 Å². The highest BCUT2D eigenvalue weighted by atomic mass is 16.6. The summed E-state index contributed by atoms with van der Waals surface area (Å²) in [6, 6.07) is 0. The van der Waals surface area contributed by atoms with Crippen molar-refractivity contribution in [2.75, 3.05) is 13.2 Å². The summed E-state index contributed by atoms with van der Waals surface area (Å²) >= 11 is 0. The van der Waals surface area contributed by atoms with Gasteiger partial charge in [0.05, 0.1) is 12.7 Å². The van der Waals surface area contributed by atoms with Crippen LogP contribution in [-0.2, 0) is 4.74 Å². The first-order valence-electron chi connectivity index (χ1n) is 4.59. The molecule has 1 rings (SSSR count). The Labute approximate surface area is 68.6 Å². The first kappa shape index (κ1) is 9.01. The van der Waals surface area contributed by atoms with Crippen molar-refractivity contribution in [3.8, 4) is 0 Å². The molecule has 0 spiro atoms. The maximum Gasteiger partial charge on any atom is 0.0813 e. The zero-order valence-electron chi connectivity index (χ0n) is 7.25. The quantitative estimate of drug-likeness (QED) is 0.595. The summed E-state index contributed by atoms with van der Waals surface area (Å²) in [7, 11) is 0. The molecule has 2 nitrogen and oxygen atoms in total. The Bertz CT molecular complexity index is 99.7. The molecule has 1 heterocycles. The van der Waals surface area contributed by atoms with Gasteiger partial charge >= 0.3 is 0 Å². The van der Waals surface area contributed by atoms with Gasteiger partial charge in [0.2, 0.25) is 0 Å². The van der Waals surface area contributed by atoms with Crippen LogP contribution in [0.5, 0.6) is 0 Å². The number of aliphatic hydroxyl groups excluding tert-OH is 1. The maximum atomic E-state index is 8.97. The van der Waals surface area contributed by atoms with Crippen LogP contribution >= 0.6 is 0 Å². The number of epoxide rings is 1. The fourth-order valence-electron chi connectivity index (χ4n) is 1.35. The van der Waals surface area contributed by atoms with Crippen LogP contribution in [0.25, 0.3) is 0 Å². The third-order valence-corrected chi connectivity index (χ3v) is 2.22. The fraction of sp³-hybridized carbons (Fsp3) is 1.00. The number of aliphatic hydroxyl groups is 1. The Balaban J connectivity index is 2.02. The topological polar surface area (TPSA) is 32.8 Å². The number of hydrogen-bond donors (Lipinski definition) is 1. The second-order valence-electron chi connectivity index (χ2n) is 3.38. The van der Waals surface area contributed by atoms with E-state index in [4.69, 9.17) is 9.84 Å². The van der Waals surface area contributed by atoms with Gasteiger partial charge < -0.3 is 9.84 Å². The normalized spacial score (nSPS) is 25.1. The van der Waals surface area contributed by atoms with E-state index in [2.05, 4.69) is 6.92 Å². The number of ether oxygens (including phenoxy) is 1. The summed E-state index contributed by atoms with van der Waals surface area (Å²) in [5, 5.41) is 8.97. The molecule has 1 fully saturated rings. The predicted octanol–water partition coefficient (Wildman–Crippen LogP) is 1.57. The Kier molecular flexibility index (Phi) is 3.87. The molecule has 0 aromatic carbocycles. The smallest absolute Gasteiger partial charge is 0.0813 e. The minimum absolute atomic E-state index is 0.333. The van der Waals surface area contributed by atoms with Crippen LogP contribution in [-0.4, -0.2) is 24.4 Å². The highest BCUT2D eigenvalue weighted by Crippen LogP contribution is 2.22. The number of unbranched alkanes of at least 4 members (excludes halogenated alkanes) is 1. The average molecular weight is 158 g/mol. The number of hydrogen-bond acceptors (Lipinski definition) is 2. The summed E-state index contributed by atoms with van der Waals surface area (Å²) in [5.74, 6) is 0.488. The van der Waals surface area contributed by atoms with Crippen molar-refractivity contribution in [1.82, 2.24) is 0 Å². The molecule has 2 unspecified atom stereocenters. The zero-order valence-corrected chi connectivity index (χ0v) is 7.25. The molecule has 0 aromatic heterocycles. The third kappa shape index (κ3) is 3.73. The molecule has 2 atom stereocenters. The fourth-order valence-corrected chi connectivity index (χ4v) is 1.35. The highest BCUT2D eigenvalue weighted by molar-refractivity contribution is 4.73. The number of rotatable bonds is 6. The van der Waals surface area contributed by atoms with Crippen LogP contribution in [0.3, 0.4) is 0 Å². The molecule has 11 heavy (non-hydrogen) atoms. The van der Waals surface area contributed by atoms with Gasteiger partial charge in [-0.2, -0.15) is 0 Å². The minimum Gasteiger partial charge on any atom is -0.396 e. The monoisotopic (exact) mass is 158 g/mol. The van der Waals surface area contributed by atoms with E-state index in [1.165, 1.54) is 12.8 Å². The van der Waals surface area contributed by atoms with E-state index < -0.39 is 0 Å². The molecule has 0 aromatic rings. The Hall–Kier alpha value is -0.0800. The van der Waals surface area contributed by atoms with Gasteiger partial charge in [-0.3, -0.25) is 0 Å². The highest BCUT2D eigenvalue weighted by Gasteiger charge is 2.25. The van der Waals surface area contributed by atoms with E-state index >= 15 is 0 Å². The van der Waals surface area contributed by atoms with Gasteiger partial charge in [0.25, 0.3) is 0 Å². The van der Waals surface area contributed by atoms with E-state index in [1.54, 1.807) is 0 Å². The van der Waals surface area contributed by atoms with Gasteiger partial charge in [0.15, 0.2) is 0 Å². The lowest BCUT2D eigenvalue weighted by atomic mass is 9.98. The molecule has 1 aliphatic heterocycles. The van der Waals surface area contributed by atoms with Crippen molar-refractivity contribution < 1.29 is 9.84 Å². The Morgan fingerprint density at radius 2 is 2.36 bits per heavy atom. The summed E-state index contributed by atoms with van der Waals surface area (Å²) < 4.78 is 5.11. The average Bonchev–Trinajstić information content (AvgIpc) is 2.81. The maximum absolute atomic E-state index is 8.97. The van der Waals surface area contributed by atoms with Crippen LogP contribution in [0.15, 0.2) is 0 Å². The van der Waals surface area contributed by atoms with E-state index in [0.29, 0.717) is 18.6 Å². The molecule has 0 bridgehead atoms. The first-order chi connectivity index (χ1) is 5.36. The van der Waals surface area contributed by atoms with Crippen molar-refractivity contribution in [2.45, 2.75) is 38.7 Å². The SMILES string of the molecule is CCCCC(CO)CC1CO1. The molecule has 66 valence electrons. The molecule has 1 saturated heterocycles. The molecule has 1 aliphatic rings.